The van der Waals surface area contributed by atoms with Crippen LogP contribution < -0.4 is 10.5 Å². The van der Waals surface area contributed by atoms with Crippen LogP contribution in [-0.4, -0.2) is 37.8 Å². The second-order valence-electron chi connectivity index (χ2n) is 7.47. The minimum Gasteiger partial charge on any atom is -0.355 e. The number of aromatic nitrogens is 5. The number of hydrogen-bond donors (Lipinski definition) is 0. The molecule has 0 saturated carbocycles. The van der Waals surface area contributed by atoms with Crippen LogP contribution in [0.25, 0.3) is 22.2 Å². The molecule has 1 fully saturated rings. The molecule has 4 aromatic rings. The number of hydrogen-bond acceptors (Lipinski definition) is 6. The van der Waals surface area contributed by atoms with Gasteiger partial charge in [0.25, 0.3) is 12.0 Å². The van der Waals surface area contributed by atoms with E-state index < -0.39 is 12.2 Å². The molecule has 0 spiro atoms. The largest absolute Gasteiger partial charge is 0.355 e. The lowest BCUT2D eigenvalue weighted by molar-refractivity contribution is 0.140. The molecule has 3 aromatic heterocycles. The predicted octanol–water partition coefficient (Wildman–Crippen LogP) is 3.32. The van der Waals surface area contributed by atoms with Gasteiger partial charge in [0.05, 0.1) is 17.8 Å². The fraction of sp³-hybridized carbons (Fsp3) is 0.227. The summed E-state index contributed by atoms with van der Waals surface area (Å²) in [4.78, 5) is 26.3. The van der Waals surface area contributed by atoms with Crippen molar-refractivity contribution in [1.29, 1.82) is 0 Å². The van der Waals surface area contributed by atoms with Crippen LogP contribution in [0.1, 0.15) is 12.2 Å². The highest BCUT2D eigenvalue weighted by atomic mass is 19.3. The van der Waals surface area contributed by atoms with Gasteiger partial charge in [0.2, 0.25) is 0 Å². The average molecular weight is 420 g/mol. The molecule has 0 N–H and O–H groups in total. The van der Waals surface area contributed by atoms with E-state index >= 15 is 0 Å². The molecule has 4 heterocycles. The van der Waals surface area contributed by atoms with Gasteiger partial charge in [-0.05, 0) is 30.3 Å². The average Bonchev–Trinajstić information content (AvgIpc) is 2.77. The summed E-state index contributed by atoms with van der Waals surface area (Å²) >= 11 is 0. The summed E-state index contributed by atoms with van der Waals surface area (Å²) in [5.74, 6) is 0.185. The zero-order valence-corrected chi connectivity index (χ0v) is 16.4. The molecule has 0 atom stereocenters. The highest BCUT2D eigenvalue weighted by Crippen LogP contribution is 2.31. The van der Waals surface area contributed by atoms with E-state index in [1.54, 1.807) is 30.6 Å². The van der Waals surface area contributed by atoms with Gasteiger partial charge in [0.1, 0.15) is 5.82 Å². The number of halogens is 2. The van der Waals surface area contributed by atoms with Gasteiger partial charge in [0, 0.05) is 48.4 Å². The lowest BCUT2D eigenvalue weighted by atomic mass is 9.99. The van der Waals surface area contributed by atoms with Crippen LogP contribution in [0.3, 0.4) is 0 Å². The molecule has 7 nitrogen and oxygen atoms in total. The topological polar surface area (TPSA) is 76.8 Å². The molecule has 1 aliphatic heterocycles. The van der Waals surface area contributed by atoms with Gasteiger partial charge in [-0.2, -0.15) is 5.10 Å². The van der Waals surface area contributed by atoms with Crippen LogP contribution in [-0.2, 0) is 6.54 Å². The number of para-hydroxylation sites is 1. The van der Waals surface area contributed by atoms with Crippen molar-refractivity contribution in [3.05, 3.63) is 77.1 Å². The Labute approximate surface area is 176 Å². The van der Waals surface area contributed by atoms with Gasteiger partial charge >= 0.3 is 0 Å². The molecule has 9 heteroatoms. The Balaban J connectivity index is 1.36. The number of alkyl halides is 2. The highest BCUT2D eigenvalue weighted by Gasteiger charge is 2.31. The van der Waals surface area contributed by atoms with Gasteiger partial charge in [-0.15, -0.1) is 0 Å². The maximum atomic E-state index is 13.3. The maximum absolute atomic E-state index is 13.3. The lowest BCUT2D eigenvalue weighted by Crippen LogP contribution is -2.50. The molecule has 5 rings (SSSR count). The Morgan fingerprint density at radius 2 is 1.77 bits per heavy atom. The molecule has 1 aromatic carbocycles. The van der Waals surface area contributed by atoms with Crippen LogP contribution in [0.2, 0.25) is 0 Å². The Morgan fingerprint density at radius 1 is 1.00 bits per heavy atom. The van der Waals surface area contributed by atoms with Crippen LogP contribution in [0.5, 0.6) is 0 Å². The summed E-state index contributed by atoms with van der Waals surface area (Å²) in [6, 6.07) is 14.0. The van der Waals surface area contributed by atoms with Crippen LogP contribution in [0.4, 0.5) is 14.6 Å². The molecular formula is C22H18F2N6O. The third-order valence-corrected chi connectivity index (χ3v) is 5.33. The SMILES string of the molecule is O=c1ccc(-c2ccncc2)nn1CC1CN(c2nc(C(F)F)nc3ccccc23)C1. The van der Waals surface area contributed by atoms with Gasteiger partial charge in [-0.1, -0.05) is 12.1 Å². The number of nitrogens with zero attached hydrogens (tertiary/aromatic N) is 6. The highest BCUT2D eigenvalue weighted by molar-refractivity contribution is 5.89. The van der Waals surface area contributed by atoms with Crippen molar-refractivity contribution in [1.82, 2.24) is 24.7 Å². The summed E-state index contributed by atoms with van der Waals surface area (Å²) in [6.07, 6.45) is 0.616. The predicted molar refractivity (Wildman–Crippen MR) is 112 cm³/mol. The lowest BCUT2D eigenvalue weighted by Gasteiger charge is -2.40. The summed E-state index contributed by atoms with van der Waals surface area (Å²) in [6.45, 7) is 1.63. The second-order valence-corrected chi connectivity index (χ2v) is 7.47. The molecular weight excluding hydrogens is 402 g/mol. The van der Waals surface area contributed by atoms with Gasteiger partial charge < -0.3 is 4.90 Å². The van der Waals surface area contributed by atoms with Gasteiger partial charge in [-0.25, -0.2) is 23.4 Å². The first-order valence-electron chi connectivity index (χ1n) is 9.87. The van der Waals surface area contributed by atoms with Crippen molar-refractivity contribution in [2.24, 2.45) is 5.92 Å². The summed E-state index contributed by atoms with van der Waals surface area (Å²) in [7, 11) is 0. The number of rotatable bonds is 5. The third-order valence-electron chi connectivity index (χ3n) is 5.33. The van der Waals surface area contributed by atoms with Crippen molar-refractivity contribution < 1.29 is 8.78 Å². The molecule has 0 unspecified atom stereocenters. The molecule has 0 aliphatic carbocycles. The number of fused-ring (bicyclic) bond motifs is 1. The molecule has 0 bridgehead atoms. The second kappa shape index (κ2) is 7.82. The van der Waals surface area contributed by atoms with Crippen molar-refractivity contribution in [2.75, 3.05) is 18.0 Å². The zero-order chi connectivity index (χ0) is 21.4. The summed E-state index contributed by atoms with van der Waals surface area (Å²) in [5, 5.41) is 5.22. The Bertz CT molecular complexity index is 1290. The van der Waals surface area contributed by atoms with E-state index in [1.807, 2.05) is 29.2 Å². The van der Waals surface area contributed by atoms with E-state index in [0.29, 0.717) is 36.7 Å². The van der Waals surface area contributed by atoms with Crippen LogP contribution in [0.15, 0.2) is 65.7 Å². The first-order valence-corrected chi connectivity index (χ1v) is 9.87. The maximum Gasteiger partial charge on any atom is 0.297 e. The molecule has 1 saturated heterocycles. The number of benzene rings is 1. The van der Waals surface area contributed by atoms with Crippen LogP contribution in [0, 0.1) is 5.92 Å². The molecule has 156 valence electrons. The Kier molecular flexibility index (Phi) is 4.85. The fourth-order valence-corrected chi connectivity index (χ4v) is 3.78. The zero-order valence-electron chi connectivity index (χ0n) is 16.4. The number of pyridine rings is 1. The van der Waals surface area contributed by atoms with Gasteiger partial charge in [0.15, 0.2) is 5.82 Å². The molecule has 1 aliphatic rings. The van der Waals surface area contributed by atoms with E-state index in [1.165, 1.54) is 10.7 Å². The first-order chi connectivity index (χ1) is 15.1. The molecule has 31 heavy (non-hydrogen) atoms. The third kappa shape index (κ3) is 3.74. The van der Waals surface area contributed by atoms with E-state index in [2.05, 4.69) is 20.1 Å². The van der Waals surface area contributed by atoms with E-state index in [-0.39, 0.29) is 11.5 Å². The quantitative estimate of drug-likeness (QED) is 0.493. The fourth-order valence-electron chi connectivity index (χ4n) is 3.78. The van der Waals surface area contributed by atoms with Crippen LogP contribution >= 0.6 is 0 Å². The minimum absolute atomic E-state index is 0.154. The van der Waals surface area contributed by atoms with Gasteiger partial charge in [-0.3, -0.25) is 9.78 Å². The molecule has 0 amide bonds. The Morgan fingerprint density at radius 3 is 2.55 bits per heavy atom. The van der Waals surface area contributed by atoms with E-state index in [0.717, 1.165) is 10.9 Å². The molecule has 0 radical (unpaired) electrons. The normalized spacial score (nSPS) is 14.2. The van der Waals surface area contributed by atoms with Crippen molar-refractivity contribution in [3.63, 3.8) is 0 Å². The smallest absolute Gasteiger partial charge is 0.297 e. The minimum atomic E-state index is -2.74. The first kappa shape index (κ1) is 19.2. The number of anilines is 1. The van der Waals surface area contributed by atoms with E-state index in [4.69, 9.17) is 0 Å². The van der Waals surface area contributed by atoms with E-state index in [9.17, 15) is 13.6 Å². The standard InChI is InChI=1S/C22H18F2N6O/c23-20(24)21-26-18-4-2-1-3-16(18)22(27-21)29-11-14(12-29)13-30-19(31)6-5-17(28-30)15-7-9-25-10-8-15/h1-10,14,20H,11-13H2. The summed E-state index contributed by atoms with van der Waals surface area (Å²) < 4.78 is 28.0. The monoisotopic (exact) mass is 420 g/mol. The van der Waals surface area contributed by atoms with Crippen molar-refractivity contribution in [3.8, 4) is 11.3 Å². The van der Waals surface area contributed by atoms with Crippen molar-refractivity contribution in [2.45, 2.75) is 13.0 Å². The summed E-state index contributed by atoms with van der Waals surface area (Å²) in [5.41, 5.74) is 1.89. The van der Waals surface area contributed by atoms with Crippen molar-refractivity contribution >= 4 is 16.7 Å². The Hall–Kier alpha value is -3.75.